The fourth-order valence-corrected chi connectivity index (χ4v) is 3.62. The molecule has 0 spiro atoms. The molecule has 25 heavy (non-hydrogen) atoms. The standard InChI is InChI=1S/C19H26FN3O2/c20-17-9-4-1-6-15(17)14-18(24)22-10-5-11-23(13-12-22)19(25)21-16-7-2-3-8-16/h1,4,6,9,16H,2-3,5,7-8,10-14H2,(H,21,25). The minimum atomic E-state index is -0.344. The third-order valence-electron chi connectivity index (χ3n) is 5.12. The molecule has 0 bridgehead atoms. The normalized spacial score (nSPS) is 18.9. The van der Waals surface area contributed by atoms with E-state index in [1.165, 1.54) is 18.9 Å². The third kappa shape index (κ3) is 4.71. The van der Waals surface area contributed by atoms with Crippen molar-refractivity contribution in [2.45, 2.75) is 44.6 Å². The maximum atomic E-state index is 13.7. The van der Waals surface area contributed by atoms with Gasteiger partial charge in [-0.2, -0.15) is 0 Å². The zero-order chi connectivity index (χ0) is 17.6. The van der Waals surface area contributed by atoms with Crippen LogP contribution in [0.1, 0.15) is 37.7 Å². The first-order valence-electron chi connectivity index (χ1n) is 9.20. The Hall–Kier alpha value is -2.11. The van der Waals surface area contributed by atoms with E-state index in [1.54, 1.807) is 28.0 Å². The van der Waals surface area contributed by atoms with Crippen molar-refractivity contribution in [1.29, 1.82) is 0 Å². The van der Waals surface area contributed by atoms with Crippen molar-refractivity contribution in [3.8, 4) is 0 Å². The second-order valence-electron chi connectivity index (χ2n) is 6.92. The van der Waals surface area contributed by atoms with Crippen molar-refractivity contribution in [1.82, 2.24) is 15.1 Å². The van der Waals surface area contributed by atoms with E-state index < -0.39 is 0 Å². The quantitative estimate of drug-likeness (QED) is 0.914. The molecule has 1 aromatic carbocycles. The number of carbonyl (C=O) groups excluding carboxylic acids is 2. The number of rotatable bonds is 3. The van der Waals surface area contributed by atoms with Crippen LogP contribution in [0.25, 0.3) is 0 Å². The molecule has 1 heterocycles. The van der Waals surface area contributed by atoms with E-state index >= 15 is 0 Å². The molecule has 0 aromatic heterocycles. The molecule has 1 saturated heterocycles. The van der Waals surface area contributed by atoms with Crippen LogP contribution in [0.15, 0.2) is 24.3 Å². The Morgan fingerprint density at radius 1 is 1.00 bits per heavy atom. The predicted octanol–water partition coefficient (Wildman–Crippen LogP) is 2.55. The van der Waals surface area contributed by atoms with E-state index in [-0.39, 0.29) is 24.2 Å². The van der Waals surface area contributed by atoms with Gasteiger partial charge in [0.15, 0.2) is 0 Å². The number of nitrogens with one attached hydrogen (secondary N) is 1. The van der Waals surface area contributed by atoms with Gasteiger partial charge in [-0.25, -0.2) is 9.18 Å². The molecule has 2 fully saturated rings. The van der Waals surface area contributed by atoms with E-state index in [4.69, 9.17) is 0 Å². The third-order valence-corrected chi connectivity index (χ3v) is 5.12. The molecule has 1 aliphatic heterocycles. The summed E-state index contributed by atoms with van der Waals surface area (Å²) in [5.74, 6) is -0.425. The van der Waals surface area contributed by atoms with Gasteiger partial charge in [-0.15, -0.1) is 0 Å². The minimum Gasteiger partial charge on any atom is -0.341 e. The number of nitrogens with zero attached hydrogens (tertiary/aromatic N) is 2. The van der Waals surface area contributed by atoms with Gasteiger partial charge >= 0.3 is 6.03 Å². The maximum Gasteiger partial charge on any atom is 0.317 e. The Kier molecular flexibility index (Phi) is 5.89. The molecule has 136 valence electrons. The lowest BCUT2D eigenvalue weighted by molar-refractivity contribution is -0.130. The van der Waals surface area contributed by atoms with Crippen LogP contribution in [0.4, 0.5) is 9.18 Å². The predicted molar refractivity (Wildman–Crippen MR) is 93.7 cm³/mol. The molecule has 2 aliphatic rings. The fraction of sp³-hybridized carbons (Fsp3) is 0.579. The summed E-state index contributed by atoms with van der Waals surface area (Å²) in [6, 6.07) is 6.66. The molecule has 3 rings (SSSR count). The van der Waals surface area contributed by atoms with Gasteiger partial charge in [-0.3, -0.25) is 4.79 Å². The first-order valence-corrected chi connectivity index (χ1v) is 9.20. The van der Waals surface area contributed by atoms with Gasteiger partial charge < -0.3 is 15.1 Å². The molecule has 1 N–H and O–H groups in total. The van der Waals surface area contributed by atoms with Crippen LogP contribution in [-0.2, 0) is 11.2 Å². The Morgan fingerprint density at radius 2 is 1.68 bits per heavy atom. The van der Waals surface area contributed by atoms with Gasteiger partial charge in [-0.1, -0.05) is 31.0 Å². The molecule has 5 nitrogen and oxygen atoms in total. The summed E-state index contributed by atoms with van der Waals surface area (Å²) in [6.45, 7) is 2.30. The zero-order valence-electron chi connectivity index (χ0n) is 14.5. The number of carbonyl (C=O) groups is 2. The SMILES string of the molecule is O=C(Cc1ccccc1F)N1CCCN(C(=O)NC2CCCC2)CC1. The lowest BCUT2D eigenvalue weighted by atomic mass is 10.1. The van der Waals surface area contributed by atoms with Gasteiger partial charge in [0, 0.05) is 32.2 Å². The van der Waals surface area contributed by atoms with E-state index in [9.17, 15) is 14.0 Å². The van der Waals surface area contributed by atoms with E-state index in [0.717, 1.165) is 19.3 Å². The van der Waals surface area contributed by atoms with Crippen molar-refractivity contribution in [2.24, 2.45) is 0 Å². The number of benzene rings is 1. The number of hydrogen-bond acceptors (Lipinski definition) is 2. The lowest BCUT2D eigenvalue weighted by Gasteiger charge is -2.24. The first kappa shape index (κ1) is 17.7. The molecule has 0 radical (unpaired) electrons. The highest BCUT2D eigenvalue weighted by Crippen LogP contribution is 2.18. The Bertz CT molecular complexity index is 616. The van der Waals surface area contributed by atoms with E-state index in [1.807, 2.05) is 0 Å². The summed E-state index contributed by atoms with van der Waals surface area (Å²) in [5.41, 5.74) is 0.424. The fourth-order valence-electron chi connectivity index (χ4n) is 3.62. The number of hydrogen-bond donors (Lipinski definition) is 1. The Labute approximate surface area is 148 Å². The second-order valence-corrected chi connectivity index (χ2v) is 6.92. The highest BCUT2D eigenvalue weighted by molar-refractivity contribution is 5.79. The molecule has 1 aromatic rings. The number of amides is 3. The van der Waals surface area contributed by atoms with Crippen molar-refractivity contribution < 1.29 is 14.0 Å². The Morgan fingerprint density at radius 3 is 2.44 bits per heavy atom. The smallest absolute Gasteiger partial charge is 0.317 e. The summed E-state index contributed by atoms with van der Waals surface area (Å²) in [6.07, 6.45) is 5.31. The summed E-state index contributed by atoms with van der Waals surface area (Å²) in [4.78, 5) is 28.4. The van der Waals surface area contributed by atoms with Gasteiger partial charge in [0.1, 0.15) is 5.82 Å². The highest BCUT2D eigenvalue weighted by Gasteiger charge is 2.25. The van der Waals surface area contributed by atoms with Crippen LogP contribution in [0.2, 0.25) is 0 Å². The lowest BCUT2D eigenvalue weighted by Crippen LogP contribution is -2.45. The van der Waals surface area contributed by atoms with Crippen molar-refractivity contribution >= 4 is 11.9 Å². The average Bonchev–Trinajstić information content (AvgIpc) is 2.98. The van der Waals surface area contributed by atoms with E-state index in [2.05, 4.69) is 5.32 Å². The van der Waals surface area contributed by atoms with Crippen LogP contribution in [-0.4, -0.2) is 54.0 Å². The van der Waals surface area contributed by atoms with Crippen LogP contribution in [0.5, 0.6) is 0 Å². The Balaban J connectivity index is 1.51. The van der Waals surface area contributed by atoms with Gasteiger partial charge in [-0.05, 0) is 30.9 Å². The molecule has 1 saturated carbocycles. The topological polar surface area (TPSA) is 52.7 Å². The molecule has 3 amide bonds. The van der Waals surface area contributed by atoms with Crippen LogP contribution < -0.4 is 5.32 Å². The second kappa shape index (κ2) is 8.32. The summed E-state index contributed by atoms with van der Waals surface area (Å²) in [5, 5.41) is 3.10. The van der Waals surface area contributed by atoms with Crippen LogP contribution >= 0.6 is 0 Å². The molecule has 0 unspecified atom stereocenters. The zero-order valence-corrected chi connectivity index (χ0v) is 14.5. The largest absolute Gasteiger partial charge is 0.341 e. The van der Waals surface area contributed by atoms with Gasteiger partial charge in [0.25, 0.3) is 0 Å². The summed E-state index contributed by atoms with van der Waals surface area (Å²) in [7, 11) is 0. The minimum absolute atomic E-state index is 0.0182. The summed E-state index contributed by atoms with van der Waals surface area (Å²) >= 11 is 0. The number of halogens is 1. The average molecular weight is 347 g/mol. The maximum absolute atomic E-state index is 13.7. The first-order chi connectivity index (χ1) is 12.1. The molecule has 6 heteroatoms. The van der Waals surface area contributed by atoms with Crippen LogP contribution in [0.3, 0.4) is 0 Å². The van der Waals surface area contributed by atoms with Gasteiger partial charge in [0.2, 0.25) is 5.91 Å². The van der Waals surface area contributed by atoms with Crippen LogP contribution in [0, 0.1) is 5.82 Å². The monoisotopic (exact) mass is 347 g/mol. The molecule has 1 aliphatic carbocycles. The van der Waals surface area contributed by atoms with Crippen molar-refractivity contribution in [2.75, 3.05) is 26.2 Å². The van der Waals surface area contributed by atoms with Crippen molar-refractivity contribution in [3.63, 3.8) is 0 Å². The van der Waals surface area contributed by atoms with Gasteiger partial charge in [0.05, 0.1) is 6.42 Å². The highest BCUT2D eigenvalue weighted by atomic mass is 19.1. The molecular formula is C19H26FN3O2. The summed E-state index contributed by atoms with van der Waals surface area (Å²) < 4.78 is 13.7. The van der Waals surface area contributed by atoms with E-state index in [0.29, 0.717) is 37.8 Å². The molecule has 0 atom stereocenters. The number of urea groups is 1. The molecular weight excluding hydrogens is 321 g/mol. The van der Waals surface area contributed by atoms with Crippen molar-refractivity contribution in [3.05, 3.63) is 35.6 Å².